The second-order valence-corrected chi connectivity index (χ2v) is 5.06. The van der Waals surface area contributed by atoms with E-state index in [0.29, 0.717) is 11.3 Å². The minimum atomic E-state index is -0.0401. The van der Waals surface area contributed by atoms with Gasteiger partial charge in [-0.3, -0.25) is 9.38 Å². The molecule has 0 aliphatic carbocycles. The van der Waals surface area contributed by atoms with E-state index >= 15 is 0 Å². The maximum atomic E-state index is 9.86. The number of aromatic nitrogens is 5. The molecule has 0 amide bonds. The van der Waals surface area contributed by atoms with Crippen molar-refractivity contribution in [3.8, 4) is 17.3 Å². The molecule has 4 rings (SSSR count). The normalized spacial score (nSPS) is 15.0. The fourth-order valence-corrected chi connectivity index (χ4v) is 2.64. The van der Waals surface area contributed by atoms with Gasteiger partial charge in [0.2, 0.25) is 11.8 Å². The number of aromatic hydroxyl groups is 1. The highest BCUT2D eigenvalue weighted by atomic mass is 16.3. The van der Waals surface area contributed by atoms with Crippen molar-refractivity contribution in [2.45, 2.75) is 12.8 Å². The minimum absolute atomic E-state index is 0.0401. The first-order chi connectivity index (χ1) is 10.3. The molecule has 0 atom stereocenters. The third-order valence-corrected chi connectivity index (χ3v) is 3.71. The summed E-state index contributed by atoms with van der Waals surface area (Å²) < 4.78 is 1.77. The van der Waals surface area contributed by atoms with Gasteiger partial charge in [-0.2, -0.15) is 4.98 Å². The summed E-state index contributed by atoms with van der Waals surface area (Å²) in [5.74, 6) is 1.32. The van der Waals surface area contributed by atoms with Gasteiger partial charge in [-0.25, -0.2) is 9.97 Å². The second kappa shape index (κ2) is 4.69. The van der Waals surface area contributed by atoms with Gasteiger partial charge in [0.05, 0.1) is 11.8 Å². The molecule has 0 spiro atoms. The van der Waals surface area contributed by atoms with Crippen LogP contribution < -0.4 is 4.90 Å². The lowest BCUT2D eigenvalue weighted by molar-refractivity contribution is 0.462. The van der Waals surface area contributed by atoms with Crippen molar-refractivity contribution in [2.24, 2.45) is 0 Å². The molecule has 4 heterocycles. The average molecular weight is 282 g/mol. The van der Waals surface area contributed by atoms with Gasteiger partial charge in [-0.15, -0.1) is 0 Å². The lowest BCUT2D eigenvalue weighted by atomic mass is 10.3. The molecule has 21 heavy (non-hydrogen) atoms. The fourth-order valence-electron chi connectivity index (χ4n) is 2.64. The highest BCUT2D eigenvalue weighted by molar-refractivity contribution is 5.66. The van der Waals surface area contributed by atoms with Crippen LogP contribution in [-0.2, 0) is 0 Å². The molecule has 3 aromatic rings. The van der Waals surface area contributed by atoms with Gasteiger partial charge in [0.25, 0.3) is 0 Å². The van der Waals surface area contributed by atoms with E-state index in [9.17, 15) is 5.11 Å². The monoisotopic (exact) mass is 282 g/mol. The third-order valence-electron chi connectivity index (χ3n) is 3.71. The summed E-state index contributed by atoms with van der Waals surface area (Å²) >= 11 is 0. The number of rotatable bonds is 2. The average Bonchev–Trinajstić information content (AvgIpc) is 3.17. The Labute approximate surface area is 120 Å². The Hall–Kier alpha value is -2.70. The Morgan fingerprint density at radius 3 is 2.57 bits per heavy atom. The summed E-state index contributed by atoms with van der Waals surface area (Å²) in [4.78, 5) is 19.2. The molecule has 106 valence electrons. The molecule has 0 unspecified atom stereocenters. The van der Waals surface area contributed by atoms with E-state index in [-0.39, 0.29) is 5.88 Å². The molecule has 0 radical (unpaired) electrons. The first-order valence-electron chi connectivity index (χ1n) is 6.91. The number of anilines is 1. The Morgan fingerprint density at radius 2 is 1.81 bits per heavy atom. The van der Waals surface area contributed by atoms with Crippen molar-refractivity contribution in [3.63, 3.8) is 0 Å². The van der Waals surface area contributed by atoms with Gasteiger partial charge >= 0.3 is 0 Å². The van der Waals surface area contributed by atoms with Crippen molar-refractivity contribution in [2.75, 3.05) is 18.0 Å². The smallest absolute Gasteiger partial charge is 0.239 e. The molecule has 1 N–H and O–H groups in total. The van der Waals surface area contributed by atoms with Gasteiger partial charge in [0, 0.05) is 37.9 Å². The second-order valence-electron chi connectivity index (χ2n) is 5.06. The zero-order valence-electron chi connectivity index (χ0n) is 11.3. The summed E-state index contributed by atoms with van der Waals surface area (Å²) in [5, 5.41) is 9.86. The van der Waals surface area contributed by atoms with Crippen LogP contribution in [0.4, 0.5) is 5.95 Å². The first-order valence-corrected chi connectivity index (χ1v) is 6.91. The van der Waals surface area contributed by atoms with Gasteiger partial charge in [-0.1, -0.05) is 0 Å². The third kappa shape index (κ3) is 1.97. The van der Waals surface area contributed by atoms with Gasteiger partial charge in [0.1, 0.15) is 5.52 Å². The van der Waals surface area contributed by atoms with Crippen LogP contribution in [0.3, 0.4) is 0 Å². The molecule has 0 bridgehead atoms. The molecule has 0 saturated carbocycles. The maximum Gasteiger partial charge on any atom is 0.239 e. The Kier molecular flexibility index (Phi) is 2.70. The number of fused-ring (bicyclic) bond motifs is 1. The minimum Gasteiger partial charge on any atom is -0.492 e. The number of nitrogens with zero attached hydrogens (tertiary/aromatic N) is 6. The Morgan fingerprint density at radius 1 is 1.05 bits per heavy atom. The van der Waals surface area contributed by atoms with E-state index in [0.717, 1.165) is 24.6 Å². The van der Waals surface area contributed by atoms with Gasteiger partial charge < -0.3 is 10.0 Å². The number of hydrogen-bond acceptors (Lipinski definition) is 6. The first kappa shape index (κ1) is 12.1. The van der Waals surface area contributed by atoms with Crippen molar-refractivity contribution in [1.29, 1.82) is 0 Å². The molecular weight excluding hydrogens is 268 g/mol. The zero-order chi connectivity index (χ0) is 14.2. The van der Waals surface area contributed by atoms with E-state index in [1.165, 1.54) is 12.8 Å². The number of imidazole rings is 1. The highest BCUT2D eigenvalue weighted by Crippen LogP contribution is 2.25. The Bertz CT molecular complexity index is 776. The largest absolute Gasteiger partial charge is 0.492 e. The maximum absolute atomic E-state index is 9.86. The predicted octanol–water partition coefficient (Wildman–Crippen LogP) is 1.49. The van der Waals surface area contributed by atoms with Crippen LogP contribution in [0.25, 0.3) is 16.9 Å². The standard InChI is InChI=1S/C14H14N6O/c21-13-11-9-15-3-6-20(11)12(18-13)10-7-16-14(17-8-10)19-4-1-2-5-19/h3,6-9,21H,1-2,4-5H2. The molecular formula is C14H14N6O. The summed E-state index contributed by atoms with van der Waals surface area (Å²) in [5.41, 5.74) is 1.33. The Balaban J connectivity index is 1.75. The van der Waals surface area contributed by atoms with Gasteiger partial charge in [0.15, 0.2) is 5.82 Å². The van der Waals surface area contributed by atoms with Crippen LogP contribution in [0.5, 0.6) is 5.88 Å². The molecule has 7 nitrogen and oxygen atoms in total. The van der Waals surface area contributed by atoms with Crippen LogP contribution in [-0.4, -0.2) is 42.5 Å². The van der Waals surface area contributed by atoms with E-state index in [2.05, 4.69) is 24.8 Å². The fraction of sp³-hybridized carbons (Fsp3) is 0.286. The topological polar surface area (TPSA) is 79.4 Å². The van der Waals surface area contributed by atoms with Crippen LogP contribution in [0.1, 0.15) is 12.8 Å². The van der Waals surface area contributed by atoms with Crippen LogP contribution in [0.2, 0.25) is 0 Å². The van der Waals surface area contributed by atoms with Crippen molar-refractivity contribution in [3.05, 3.63) is 31.0 Å². The molecule has 1 saturated heterocycles. The number of hydrogen-bond donors (Lipinski definition) is 1. The molecule has 1 aliphatic rings. The SMILES string of the molecule is Oc1nc(-c2cnc(N3CCCC3)nc2)n2ccncc12. The summed E-state index contributed by atoms with van der Waals surface area (Å²) in [6, 6.07) is 0. The highest BCUT2D eigenvalue weighted by Gasteiger charge is 2.16. The van der Waals surface area contributed by atoms with Gasteiger partial charge in [-0.05, 0) is 12.8 Å². The lowest BCUT2D eigenvalue weighted by Crippen LogP contribution is -2.20. The summed E-state index contributed by atoms with van der Waals surface area (Å²) in [6.07, 6.45) is 10.9. The molecule has 1 aliphatic heterocycles. The predicted molar refractivity (Wildman–Crippen MR) is 77.1 cm³/mol. The van der Waals surface area contributed by atoms with E-state index in [4.69, 9.17) is 0 Å². The van der Waals surface area contributed by atoms with E-state index in [1.54, 1.807) is 35.4 Å². The van der Waals surface area contributed by atoms with Crippen molar-refractivity contribution >= 4 is 11.5 Å². The van der Waals surface area contributed by atoms with Crippen molar-refractivity contribution in [1.82, 2.24) is 24.3 Å². The molecule has 7 heteroatoms. The van der Waals surface area contributed by atoms with Crippen molar-refractivity contribution < 1.29 is 5.11 Å². The van der Waals surface area contributed by atoms with E-state index < -0.39 is 0 Å². The van der Waals surface area contributed by atoms with Crippen LogP contribution in [0, 0.1) is 0 Å². The lowest BCUT2D eigenvalue weighted by Gasteiger charge is -2.14. The quantitative estimate of drug-likeness (QED) is 0.767. The van der Waals surface area contributed by atoms with Crippen LogP contribution in [0.15, 0.2) is 31.0 Å². The molecule has 3 aromatic heterocycles. The zero-order valence-corrected chi connectivity index (χ0v) is 11.3. The summed E-state index contributed by atoms with van der Waals surface area (Å²) in [7, 11) is 0. The van der Waals surface area contributed by atoms with Crippen LogP contribution >= 0.6 is 0 Å². The molecule has 0 aromatic carbocycles. The molecule has 1 fully saturated rings. The summed E-state index contributed by atoms with van der Waals surface area (Å²) in [6.45, 7) is 2.02. The van der Waals surface area contributed by atoms with E-state index in [1.807, 2.05) is 0 Å².